The van der Waals surface area contributed by atoms with E-state index in [1.165, 1.54) is 45.5 Å². The van der Waals surface area contributed by atoms with Crippen molar-refractivity contribution >= 4 is 32.6 Å². The molecular formula is C25H23FN2O6S. The fraction of sp³-hybridized carbons (Fsp3) is 0.160. The van der Waals surface area contributed by atoms with Crippen LogP contribution in [0.25, 0.3) is 33.4 Å². The number of carbonyl (C=O) groups is 1. The molecule has 10 heteroatoms. The van der Waals surface area contributed by atoms with E-state index >= 15 is 0 Å². The number of nitrogens with zero attached hydrogens (tertiary/aromatic N) is 1. The monoisotopic (exact) mass is 498 g/mol. The van der Waals surface area contributed by atoms with Crippen LogP contribution in [0.2, 0.25) is 0 Å². The van der Waals surface area contributed by atoms with Gasteiger partial charge < -0.3 is 9.15 Å². The van der Waals surface area contributed by atoms with E-state index in [0.29, 0.717) is 33.5 Å². The number of amides is 1. The zero-order valence-electron chi connectivity index (χ0n) is 19.5. The van der Waals surface area contributed by atoms with Crippen LogP contribution in [0.15, 0.2) is 65.1 Å². The highest BCUT2D eigenvalue weighted by atomic mass is 32.2. The Labute approximate surface area is 201 Å². The molecule has 1 aromatic heterocycles. The minimum Gasteiger partial charge on any atom is -0.497 e. The highest BCUT2D eigenvalue weighted by Gasteiger charge is 2.26. The second kappa shape index (κ2) is 9.40. The molecule has 182 valence electrons. The average Bonchev–Trinajstić information content (AvgIpc) is 3.21. The second-order valence-corrected chi connectivity index (χ2v) is 9.79. The van der Waals surface area contributed by atoms with Gasteiger partial charge in [-0.2, -0.15) is 0 Å². The van der Waals surface area contributed by atoms with E-state index in [4.69, 9.17) is 14.0 Å². The number of fused-ring (bicyclic) bond motifs is 1. The molecule has 0 radical (unpaired) electrons. The standard InChI is InChI=1S/C25H23FN2O6S/c1-28(35(4,30)31)21-14-22-20(13-19(21)16-6-5-7-18(12-16)32-2)23(25(29)27-33-3)24(34-22)15-8-10-17(26)11-9-15/h5-14H,1-4H3,(H,27,29). The van der Waals surface area contributed by atoms with Crippen molar-refractivity contribution < 1.29 is 31.6 Å². The number of benzene rings is 3. The number of hydrogen-bond acceptors (Lipinski definition) is 6. The van der Waals surface area contributed by atoms with Gasteiger partial charge in [-0.05, 0) is 48.0 Å². The number of hydroxylamine groups is 1. The molecule has 35 heavy (non-hydrogen) atoms. The second-order valence-electron chi connectivity index (χ2n) is 7.78. The van der Waals surface area contributed by atoms with Crippen molar-refractivity contribution in [1.82, 2.24) is 5.48 Å². The Morgan fingerprint density at radius 3 is 2.37 bits per heavy atom. The first-order chi connectivity index (χ1) is 16.6. The number of nitrogens with one attached hydrogen (secondary N) is 1. The molecule has 0 aliphatic carbocycles. The molecule has 0 unspecified atom stereocenters. The Morgan fingerprint density at radius 1 is 1.03 bits per heavy atom. The van der Waals surface area contributed by atoms with Crippen molar-refractivity contribution in [3.63, 3.8) is 0 Å². The molecule has 0 aliphatic rings. The summed E-state index contributed by atoms with van der Waals surface area (Å²) in [6.45, 7) is 0. The Morgan fingerprint density at radius 2 is 1.74 bits per heavy atom. The van der Waals surface area contributed by atoms with Crippen molar-refractivity contribution in [2.45, 2.75) is 0 Å². The molecule has 0 bridgehead atoms. The first-order valence-corrected chi connectivity index (χ1v) is 12.3. The van der Waals surface area contributed by atoms with E-state index in [1.54, 1.807) is 36.4 Å². The summed E-state index contributed by atoms with van der Waals surface area (Å²) in [6, 6.07) is 15.8. The number of methoxy groups -OCH3 is 1. The van der Waals surface area contributed by atoms with Gasteiger partial charge in [0.05, 0.1) is 31.7 Å². The van der Waals surface area contributed by atoms with Crippen LogP contribution in [-0.2, 0) is 14.9 Å². The third-order valence-corrected chi connectivity index (χ3v) is 6.74. The van der Waals surface area contributed by atoms with Gasteiger partial charge in [-0.15, -0.1) is 0 Å². The van der Waals surface area contributed by atoms with Crippen molar-refractivity contribution in [3.05, 3.63) is 72.0 Å². The van der Waals surface area contributed by atoms with E-state index < -0.39 is 21.7 Å². The van der Waals surface area contributed by atoms with Crippen molar-refractivity contribution in [1.29, 1.82) is 0 Å². The molecule has 0 saturated carbocycles. The topological polar surface area (TPSA) is 98.1 Å². The number of carbonyl (C=O) groups excluding carboxylic acids is 1. The number of furan rings is 1. The van der Waals surface area contributed by atoms with Crippen LogP contribution in [-0.4, -0.2) is 41.8 Å². The molecule has 1 amide bonds. The quantitative estimate of drug-likeness (QED) is 0.374. The van der Waals surface area contributed by atoms with E-state index in [-0.39, 0.29) is 16.9 Å². The summed E-state index contributed by atoms with van der Waals surface area (Å²) in [4.78, 5) is 17.8. The van der Waals surface area contributed by atoms with Crippen molar-refractivity contribution in [2.24, 2.45) is 0 Å². The molecule has 8 nitrogen and oxygen atoms in total. The summed E-state index contributed by atoms with van der Waals surface area (Å²) in [5, 5.41) is 0.419. The van der Waals surface area contributed by atoms with Crippen molar-refractivity contribution in [3.8, 4) is 28.2 Å². The zero-order chi connectivity index (χ0) is 25.3. The predicted molar refractivity (Wildman–Crippen MR) is 131 cm³/mol. The van der Waals surface area contributed by atoms with Gasteiger partial charge in [0.25, 0.3) is 5.91 Å². The number of sulfonamides is 1. The zero-order valence-corrected chi connectivity index (χ0v) is 20.3. The fourth-order valence-corrected chi connectivity index (χ4v) is 4.28. The van der Waals surface area contributed by atoms with Gasteiger partial charge in [-0.1, -0.05) is 12.1 Å². The lowest BCUT2D eigenvalue weighted by molar-refractivity contribution is 0.0539. The highest BCUT2D eigenvalue weighted by molar-refractivity contribution is 7.92. The Balaban J connectivity index is 2.07. The molecule has 1 heterocycles. The minimum atomic E-state index is -3.64. The summed E-state index contributed by atoms with van der Waals surface area (Å²) in [6.07, 6.45) is 1.09. The SMILES string of the molecule is CONC(=O)c1c(-c2ccc(F)cc2)oc2cc(N(C)S(C)(=O)=O)c(-c3cccc(OC)c3)cc12. The Bertz CT molecular complexity index is 1510. The molecule has 0 saturated heterocycles. The largest absolute Gasteiger partial charge is 0.497 e. The lowest BCUT2D eigenvalue weighted by Gasteiger charge is -2.21. The maximum atomic E-state index is 13.5. The average molecular weight is 499 g/mol. The predicted octanol–water partition coefficient (Wildman–Crippen LogP) is 4.60. The summed E-state index contributed by atoms with van der Waals surface area (Å²) in [5.74, 6) is -0.256. The van der Waals surface area contributed by atoms with E-state index in [9.17, 15) is 17.6 Å². The Hall–Kier alpha value is -3.89. The van der Waals surface area contributed by atoms with E-state index in [2.05, 4.69) is 5.48 Å². The normalized spacial score (nSPS) is 11.5. The number of anilines is 1. The van der Waals surface area contributed by atoms with Crippen LogP contribution in [0.3, 0.4) is 0 Å². The van der Waals surface area contributed by atoms with Gasteiger partial charge in [0.15, 0.2) is 0 Å². The van der Waals surface area contributed by atoms with E-state index in [1.807, 2.05) is 0 Å². The third-order valence-electron chi connectivity index (χ3n) is 5.55. The van der Waals surface area contributed by atoms with Crippen LogP contribution < -0.4 is 14.5 Å². The van der Waals surface area contributed by atoms with Gasteiger partial charge in [0.1, 0.15) is 22.9 Å². The lowest BCUT2D eigenvalue weighted by atomic mass is 9.98. The smallest absolute Gasteiger partial charge is 0.279 e. The summed E-state index contributed by atoms with van der Waals surface area (Å²) in [7, 11) is 0.633. The molecule has 0 spiro atoms. The number of rotatable bonds is 7. The van der Waals surface area contributed by atoms with Crippen LogP contribution in [0.1, 0.15) is 10.4 Å². The lowest BCUT2D eigenvalue weighted by Crippen LogP contribution is -2.25. The van der Waals surface area contributed by atoms with E-state index in [0.717, 1.165) is 10.6 Å². The third kappa shape index (κ3) is 4.71. The molecule has 0 atom stereocenters. The molecule has 0 fully saturated rings. The molecule has 0 aliphatic heterocycles. The van der Waals surface area contributed by atoms with Crippen molar-refractivity contribution in [2.75, 3.05) is 31.8 Å². The van der Waals surface area contributed by atoms with Crippen LogP contribution in [0.4, 0.5) is 10.1 Å². The Kier molecular flexibility index (Phi) is 6.51. The minimum absolute atomic E-state index is 0.158. The number of halogens is 1. The maximum Gasteiger partial charge on any atom is 0.279 e. The summed E-state index contributed by atoms with van der Waals surface area (Å²) < 4.78 is 51.0. The van der Waals surface area contributed by atoms with Gasteiger partial charge in [-0.25, -0.2) is 18.3 Å². The first-order valence-electron chi connectivity index (χ1n) is 10.4. The van der Waals surface area contributed by atoms with Crippen LogP contribution in [0, 0.1) is 5.82 Å². The fourth-order valence-electron chi connectivity index (χ4n) is 3.77. The van der Waals surface area contributed by atoms with Crippen LogP contribution in [0.5, 0.6) is 5.75 Å². The molecular weight excluding hydrogens is 475 g/mol. The van der Waals surface area contributed by atoms with Crippen LogP contribution >= 0.6 is 0 Å². The first kappa shape index (κ1) is 24.2. The van der Waals surface area contributed by atoms with Gasteiger partial charge in [0.2, 0.25) is 10.0 Å². The molecule has 4 rings (SSSR count). The van der Waals surface area contributed by atoms with Gasteiger partial charge >= 0.3 is 0 Å². The maximum absolute atomic E-state index is 13.5. The molecule has 4 aromatic rings. The van der Waals surface area contributed by atoms with Gasteiger partial charge in [0, 0.05) is 29.6 Å². The number of ether oxygens (including phenoxy) is 1. The van der Waals surface area contributed by atoms with Gasteiger partial charge in [-0.3, -0.25) is 13.9 Å². The molecule has 1 N–H and O–H groups in total. The number of hydrogen-bond donors (Lipinski definition) is 1. The summed E-state index contributed by atoms with van der Waals surface area (Å²) >= 11 is 0. The molecule has 3 aromatic carbocycles. The highest BCUT2D eigenvalue weighted by Crippen LogP contribution is 2.41. The summed E-state index contributed by atoms with van der Waals surface area (Å²) in [5.41, 5.74) is 4.72.